The molecule has 2 heterocycles. The molecule has 1 aliphatic rings. The van der Waals surface area contributed by atoms with Crippen molar-refractivity contribution in [2.45, 2.75) is 19.4 Å². The molecule has 19 heavy (non-hydrogen) atoms. The van der Waals surface area contributed by atoms with Crippen LogP contribution in [0.1, 0.15) is 17.7 Å². The number of hydrogen-bond acceptors (Lipinski definition) is 3. The Morgan fingerprint density at radius 3 is 3.11 bits per heavy atom. The number of hydrogen-bond donors (Lipinski definition) is 2. The zero-order valence-corrected chi connectivity index (χ0v) is 10.8. The molecule has 5 nitrogen and oxygen atoms in total. The number of nitrogens with one attached hydrogen (secondary N) is 2. The molecule has 5 heteroatoms. The Morgan fingerprint density at radius 2 is 2.32 bits per heavy atom. The molecule has 98 valence electrons. The fraction of sp³-hybridized carbons (Fsp3) is 0.286. The van der Waals surface area contributed by atoms with E-state index in [-0.39, 0.29) is 5.91 Å². The number of anilines is 2. The van der Waals surface area contributed by atoms with Crippen molar-refractivity contribution in [2.24, 2.45) is 7.05 Å². The van der Waals surface area contributed by atoms with Crippen molar-refractivity contribution < 1.29 is 4.79 Å². The van der Waals surface area contributed by atoms with Gasteiger partial charge in [0.2, 0.25) is 5.91 Å². The third kappa shape index (κ3) is 2.45. The molecule has 2 aromatic rings. The van der Waals surface area contributed by atoms with E-state index in [4.69, 9.17) is 0 Å². The molecule has 1 amide bonds. The summed E-state index contributed by atoms with van der Waals surface area (Å²) in [5, 5.41) is 6.26. The molecule has 0 bridgehead atoms. The highest BCUT2D eigenvalue weighted by Gasteiger charge is 2.14. The van der Waals surface area contributed by atoms with Crippen molar-refractivity contribution in [2.75, 3.05) is 10.6 Å². The van der Waals surface area contributed by atoms with Gasteiger partial charge in [0, 0.05) is 31.0 Å². The van der Waals surface area contributed by atoms with Crippen molar-refractivity contribution >= 4 is 17.3 Å². The number of carbonyl (C=O) groups is 1. The minimum Gasteiger partial charge on any atom is -0.379 e. The number of rotatable bonds is 3. The van der Waals surface area contributed by atoms with Gasteiger partial charge >= 0.3 is 0 Å². The molecule has 0 spiro atoms. The molecule has 2 N–H and O–H groups in total. The van der Waals surface area contributed by atoms with Crippen molar-refractivity contribution in [1.29, 1.82) is 0 Å². The molecular weight excluding hydrogens is 240 g/mol. The number of amides is 1. The van der Waals surface area contributed by atoms with Crippen LogP contribution in [0.3, 0.4) is 0 Å². The highest BCUT2D eigenvalue weighted by Crippen LogP contribution is 2.25. The lowest BCUT2D eigenvalue weighted by atomic mass is 10.0. The lowest BCUT2D eigenvalue weighted by Gasteiger charge is -2.18. The van der Waals surface area contributed by atoms with E-state index in [9.17, 15) is 4.79 Å². The quantitative estimate of drug-likeness (QED) is 0.882. The van der Waals surface area contributed by atoms with Gasteiger partial charge in [-0.05, 0) is 30.2 Å². The van der Waals surface area contributed by atoms with Crippen LogP contribution in [0, 0.1) is 0 Å². The summed E-state index contributed by atoms with van der Waals surface area (Å²) in [4.78, 5) is 15.4. The van der Waals surface area contributed by atoms with Crippen LogP contribution in [0.4, 0.5) is 11.4 Å². The van der Waals surface area contributed by atoms with Gasteiger partial charge in [0.05, 0.1) is 18.6 Å². The van der Waals surface area contributed by atoms with E-state index in [1.165, 1.54) is 5.56 Å². The molecule has 0 radical (unpaired) electrons. The topological polar surface area (TPSA) is 59.0 Å². The number of imidazole rings is 1. The van der Waals surface area contributed by atoms with Gasteiger partial charge in [-0.3, -0.25) is 4.79 Å². The molecular formula is C14H16N4O. The molecule has 0 unspecified atom stereocenters. The molecule has 0 saturated heterocycles. The van der Waals surface area contributed by atoms with Crippen LogP contribution in [0.25, 0.3) is 0 Å². The molecule has 0 saturated carbocycles. The van der Waals surface area contributed by atoms with Crippen LogP contribution in [0.5, 0.6) is 0 Å². The van der Waals surface area contributed by atoms with Crippen LogP contribution in [-0.2, 0) is 24.8 Å². The first-order valence-electron chi connectivity index (χ1n) is 6.34. The molecule has 1 aliphatic heterocycles. The minimum absolute atomic E-state index is 0.100. The molecule has 1 aromatic heterocycles. The third-order valence-electron chi connectivity index (χ3n) is 3.39. The van der Waals surface area contributed by atoms with E-state index >= 15 is 0 Å². The normalized spacial score (nSPS) is 13.8. The second-order valence-corrected chi connectivity index (χ2v) is 4.77. The Labute approximate surface area is 111 Å². The van der Waals surface area contributed by atoms with Gasteiger partial charge in [-0.15, -0.1) is 0 Å². The summed E-state index contributed by atoms with van der Waals surface area (Å²) in [5.41, 5.74) is 4.32. The Bertz CT molecular complexity index is 618. The Hall–Kier alpha value is -2.30. The molecule has 1 aromatic carbocycles. The fourth-order valence-corrected chi connectivity index (χ4v) is 2.24. The van der Waals surface area contributed by atoms with E-state index < -0.39 is 0 Å². The first-order valence-corrected chi connectivity index (χ1v) is 6.34. The highest BCUT2D eigenvalue weighted by atomic mass is 16.1. The molecule has 0 aliphatic carbocycles. The Morgan fingerprint density at radius 1 is 1.42 bits per heavy atom. The minimum atomic E-state index is 0.100. The van der Waals surface area contributed by atoms with Gasteiger partial charge < -0.3 is 15.2 Å². The zero-order valence-electron chi connectivity index (χ0n) is 10.8. The molecule has 0 atom stereocenters. The third-order valence-corrected chi connectivity index (χ3v) is 3.39. The van der Waals surface area contributed by atoms with Crippen LogP contribution >= 0.6 is 0 Å². The first kappa shape index (κ1) is 11.8. The number of nitrogens with zero attached hydrogens (tertiary/aromatic N) is 2. The number of benzene rings is 1. The van der Waals surface area contributed by atoms with Crippen molar-refractivity contribution in [3.8, 4) is 0 Å². The summed E-state index contributed by atoms with van der Waals surface area (Å²) in [5.74, 6) is 0.100. The van der Waals surface area contributed by atoms with Gasteiger partial charge in [0.25, 0.3) is 0 Å². The summed E-state index contributed by atoms with van der Waals surface area (Å²) in [6, 6.07) is 6.05. The lowest BCUT2D eigenvalue weighted by Crippen LogP contribution is -2.19. The number of aryl methyl sites for hydroxylation is 2. The largest absolute Gasteiger partial charge is 0.379 e. The summed E-state index contributed by atoms with van der Waals surface area (Å²) < 4.78 is 1.99. The van der Waals surface area contributed by atoms with Crippen LogP contribution in [0.2, 0.25) is 0 Å². The molecule has 0 fully saturated rings. The summed E-state index contributed by atoms with van der Waals surface area (Å²) in [6.45, 7) is 0.738. The maximum Gasteiger partial charge on any atom is 0.224 e. The monoisotopic (exact) mass is 256 g/mol. The van der Waals surface area contributed by atoms with E-state index in [0.29, 0.717) is 6.42 Å². The maximum atomic E-state index is 11.3. The van der Waals surface area contributed by atoms with Gasteiger partial charge in [0.1, 0.15) is 0 Å². The average Bonchev–Trinajstić information content (AvgIpc) is 2.82. The maximum absolute atomic E-state index is 11.3. The van der Waals surface area contributed by atoms with Gasteiger partial charge in [0.15, 0.2) is 0 Å². The second kappa shape index (κ2) is 4.76. The standard InChI is InChI=1S/C14H16N4O/c1-18-9-15-7-12(18)8-16-11-3-4-13-10(6-11)2-5-14(19)17-13/h3-4,6-7,9,16H,2,5,8H2,1H3,(H,17,19). The van der Waals surface area contributed by atoms with Crippen molar-refractivity contribution in [1.82, 2.24) is 9.55 Å². The van der Waals surface area contributed by atoms with E-state index in [2.05, 4.69) is 21.7 Å². The Balaban J connectivity index is 1.72. The second-order valence-electron chi connectivity index (χ2n) is 4.77. The number of aromatic nitrogens is 2. The van der Waals surface area contributed by atoms with Gasteiger partial charge in [-0.25, -0.2) is 4.98 Å². The molecule has 3 rings (SSSR count). The van der Waals surface area contributed by atoms with E-state index in [1.807, 2.05) is 29.9 Å². The number of carbonyl (C=O) groups excluding carboxylic acids is 1. The highest BCUT2D eigenvalue weighted by molar-refractivity contribution is 5.94. The first-order chi connectivity index (χ1) is 9.22. The summed E-state index contributed by atoms with van der Waals surface area (Å²) >= 11 is 0. The summed E-state index contributed by atoms with van der Waals surface area (Å²) in [6.07, 6.45) is 5.02. The zero-order chi connectivity index (χ0) is 13.2. The average molecular weight is 256 g/mol. The predicted octanol–water partition coefficient (Wildman–Crippen LogP) is 1.92. The van der Waals surface area contributed by atoms with E-state index in [1.54, 1.807) is 6.33 Å². The van der Waals surface area contributed by atoms with E-state index in [0.717, 1.165) is 30.0 Å². The smallest absolute Gasteiger partial charge is 0.224 e. The predicted molar refractivity (Wildman–Crippen MR) is 73.9 cm³/mol. The van der Waals surface area contributed by atoms with Gasteiger partial charge in [-0.2, -0.15) is 0 Å². The van der Waals surface area contributed by atoms with Crippen molar-refractivity contribution in [3.63, 3.8) is 0 Å². The lowest BCUT2D eigenvalue weighted by molar-refractivity contribution is -0.116. The van der Waals surface area contributed by atoms with Crippen LogP contribution in [0.15, 0.2) is 30.7 Å². The summed E-state index contributed by atoms with van der Waals surface area (Å²) in [7, 11) is 1.98. The van der Waals surface area contributed by atoms with Crippen LogP contribution < -0.4 is 10.6 Å². The van der Waals surface area contributed by atoms with Gasteiger partial charge in [-0.1, -0.05) is 0 Å². The SMILES string of the molecule is Cn1cncc1CNc1ccc2c(c1)CCC(=O)N2. The number of fused-ring (bicyclic) bond motifs is 1. The fourth-order valence-electron chi connectivity index (χ4n) is 2.24. The van der Waals surface area contributed by atoms with Crippen molar-refractivity contribution in [3.05, 3.63) is 42.0 Å². The van der Waals surface area contributed by atoms with Crippen LogP contribution in [-0.4, -0.2) is 15.5 Å². The Kier molecular flexibility index (Phi) is 2.95.